The molecule has 49 valence electrons. The number of aromatic nitrogens is 1. The van der Waals surface area contributed by atoms with E-state index < -0.39 is 9.84 Å². The molecule has 0 aromatic carbocycles. The summed E-state index contributed by atoms with van der Waals surface area (Å²) in [6.07, 6.45) is 4.18. The Hall–Kier alpha value is -0.840. The van der Waals surface area contributed by atoms with Crippen molar-refractivity contribution in [2.75, 3.05) is 6.26 Å². The number of hydrogen-bond donors (Lipinski definition) is 0. The second-order valence-corrected chi connectivity index (χ2v) is 3.49. The van der Waals surface area contributed by atoms with E-state index in [4.69, 9.17) is 0 Å². The summed E-state index contributed by atoms with van der Waals surface area (Å²) < 4.78 is 25.5. The summed E-state index contributed by atoms with van der Waals surface area (Å²) in [6, 6.07) is 0. The molecule has 1 radical (unpaired) electrons. The van der Waals surface area contributed by atoms with Gasteiger partial charge in [-0.25, -0.2) is 13.4 Å². The van der Waals surface area contributed by atoms with Crippen LogP contribution in [0.15, 0.2) is 15.7 Å². The molecule has 0 saturated carbocycles. The largest absolute Gasteiger partial charge is 0.421 e. The van der Waals surface area contributed by atoms with Crippen LogP contribution in [0.3, 0.4) is 0 Å². The van der Waals surface area contributed by atoms with Crippen LogP contribution < -0.4 is 0 Å². The van der Waals surface area contributed by atoms with Gasteiger partial charge in [0, 0.05) is 6.26 Å². The van der Waals surface area contributed by atoms with Crippen molar-refractivity contribution in [2.45, 2.75) is 5.09 Å². The summed E-state index contributed by atoms with van der Waals surface area (Å²) in [4.78, 5) is 3.32. The van der Waals surface area contributed by atoms with Gasteiger partial charge in [-0.05, 0) is 0 Å². The SMILES string of the molecule is CS(=O)(=O)c1cn[c]o1. The minimum absolute atomic E-state index is 0.150. The molecular weight excluding hydrogens is 142 g/mol. The lowest BCUT2D eigenvalue weighted by Gasteiger charge is -1.84. The molecule has 1 aromatic rings. The van der Waals surface area contributed by atoms with Crippen LogP contribution in [0.2, 0.25) is 0 Å². The third-order valence-corrected chi connectivity index (χ3v) is 1.65. The lowest BCUT2D eigenvalue weighted by Crippen LogP contribution is -1.93. The average Bonchev–Trinajstić information content (AvgIpc) is 2.08. The van der Waals surface area contributed by atoms with Gasteiger partial charge in [0.25, 0.3) is 6.39 Å². The first kappa shape index (κ1) is 6.28. The number of nitrogens with zero attached hydrogens (tertiary/aromatic N) is 1. The number of hydrogen-bond acceptors (Lipinski definition) is 4. The van der Waals surface area contributed by atoms with Crippen molar-refractivity contribution in [3.63, 3.8) is 0 Å². The van der Waals surface area contributed by atoms with E-state index in [0.29, 0.717) is 0 Å². The van der Waals surface area contributed by atoms with Gasteiger partial charge in [0.05, 0.1) is 6.20 Å². The summed E-state index contributed by atoms with van der Waals surface area (Å²) in [6.45, 7) is 0. The van der Waals surface area contributed by atoms with Crippen LogP contribution in [-0.2, 0) is 9.84 Å². The maximum Gasteiger partial charge on any atom is 0.284 e. The molecule has 0 bridgehead atoms. The molecule has 0 N–H and O–H groups in total. The maximum absolute atomic E-state index is 10.5. The zero-order valence-electron chi connectivity index (χ0n) is 4.66. The highest BCUT2D eigenvalue weighted by atomic mass is 32.2. The van der Waals surface area contributed by atoms with E-state index in [9.17, 15) is 8.42 Å². The van der Waals surface area contributed by atoms with Crippen molar-refractivity contribution < 1.29 is 12.8 Å². The topological polar surface area (TPSA) is 60.2 Å². The first-order valence-corrected chi connectivity index (χ1v) is 4.02. The van der Waals surface area contributed by atoms with Crippen LogP contribution in [0.1, 0.15) is 0 Å². The molecule has 0 aliphatic heterocycles. The molecule has 0 aliphatic carbocycles. The molecule has 5 heteroatoms. The molecule has 1 heterocycles. The average molecular weight is 146 g/mol. The van der Waals surface area contributed by atoms with Crippen LogP contribution in [0.5, 0.6) is 0 Å². The van der Waals surface area contributed by atoms with Crippen LogP contribution in [0.4, 0.5) is 0 Å². The fourth-order valence-electron chi connectivity index (χ4n) is 0.348. The van der Waals surface area contributed by atoms with Crippen LogP contribution in [-0.4, -0.2) is 19.7 Å². The van der Waals surface area contributed by atoms with Crippen molar-refractivity contribution in [1.29, 1.82) is 0 Å². The fourth-order valence-corrected chi connectivity index (χ4v) is 0.781. The van der Waals surface area contributed by atoms with Crippen LogP contribution in [0.25, 0.3) is 0 Å². The second kappa shape index (κ2) is 1.84. The molecule has 0 spiro atoms. The summed E-state index contributed by atoms with van der Waals surface area (Å²) in [7, 11) is -3.22. The van der Waals surface area contributed by atoms with E-state index in [1.165, 1.54) is 0 Å². The lowest BCUT2D eigenvalue weighted by atomic mass is 11.0. The Morgan fingerprint density at radius 3 is 2.67 bits per heavy atom. The van der Waals surface area contributed by atoms with Crippen LogP contribution >= 0.6 is 0 Å². The molecule has 0 saturated heterocycles. The Balaban J connectivity index is 3.20. The van der Waals surface area contributed by atoms with E-state index in [2.05, 4.69) is 9.40 Å². The third kappa shape index (κ3) is 1.29. The normalized spacial score (nSPS) is 11.7. The molecule has 1 aromatic heterocycles. The Labute approximate surface area is 52.4 Å². The second-order valence-electron chi connectivity index (χ2n) is 1.54. The number of oxazole rings is 1. The van der Waals surface area contributed by atoms with Gasteiger partial charge in [0.2, 0.25) is 14.9 Å². The van der Waals surface area contributed by atoms with E-state index >= 15 is 0 Å². The summed E-state index contributed by atoms with van der Waals surface area (Å²) in [5.41, 5.74) is 0. The Kier molecular flexibility index (Phi) is 1.28. The van der Waals surface area contributed by atoms with Crippen molar-refractivity contribution in [1.82, 2.24) is 4.98 Å². The van der Waals surface area contributed by atoms with Gasteiger partial charge in [-0.2, -0.15) is 0 Å². The van der Waals surface area contributed by atoms with Gasteiger partial charge >= 0.3 is 0 Å². The first-order chi connectivity index (χ1) is 4.11. The number of rotatable bonds is 1. The van der Waals surface area contributed by atoms with Gasteiger partial charge < -0.3 is 4.42 Å². The highest BCUT2D eigenvalue weighted by Crippen LogP contribution is 2.03. The lowest BCUT2D eigenvalue weighted by molar-refractivity contribution is 0.441. The van der Waals surface area contributed by atoms with Gasteiger partial charge in [-0.1, -0.05) is 0 Å². The highest BCUT2D eigenvalue weighted by molar-refractivity contribution is 7.90. The molecule has 0 unspecified atom stereocenters. The van der Waals surface area contributed by atoms with E-state index in [0.717, 1.165) is 12.5 Å². The Morgan fingerprint density at radius 1 is 1.78 bits per heavy atom. The molecule has 0 atom stereocenters. The smallest absolute Gasteiger partial charge is 0.284 e. The molecule has 0 amide bonds. The molecule has 1 rings (SSSR count). The molecule has 9 heavy (non-hydrogen) atoms. The van der Waals surface area contributed by atoms with Gasteiger partial charge in [0.1, 0.15) is 0 Å². The van der Waals surface area contributed by atoms with Crippen LogP contribution in [0, 0.1) is 6.39 Å². The molecular formula is C4H4NO3S. The summed E-state index contributed by atoms with van der Waals surface area (Å²) >= 11 is 0. The zero-order valence-corrected chi connectivity index (χ0v) is 5.47. The Bertz CT molecular complexity index is 273. The predicted octanol–water partition coefficient (Wildman–Crippen LogP) is -0.122. The van der Waals surface area contributed by atoms with E-state index in [1.54, 1.807) is 0 Å². The van der Waals surface area contributed by atoms with Crippen molar-refractivity contribution in [2.24, 2.45) is 0 Å². The zero-order chi connectivity index (χ0) is 6.91. The number of sulfone groups is 1. The highest BCUT2D eigenvalue weighted by Gasteiger charge is 2.09. The summed E-state index contributed by atoms with van der Waals surface area (Å²) in [5, 5.41) is -0.150. The standard InChI is InChI=1S/C4H4NO3S/c1-9(6,7)4-2-5-3-8-4/h2H,1H3. The molecule has 4 nitrogen and oxygen atoms in total. The van der Waals surface area contributed by atoms with Crippen molar-refractivity contribution >= 4 is 9.84 Å². The minimum atomic E-state index is -3.22. The third-order valence-electron chi connectivity index (χ3n) is 0.734. The van der Waals surface area contributed by atoms with Gasteiger partial charge in [-0.3, -0.25) is 0 Å². The quantitative estimate of drug-likeness (QED) is 0.554. The Morgan fingerprint density at radius 2 is 2.44 bits per heavy atom. The predicted molar refractivity (Wildman–Crippen MR) is 28.4 cm³/mol. The first-order valence-electron chi connectivity index (χ1n) is 2.12. The monoisotopic (exact) mass is 146 g/mol. The summed E-state index contributed by atoms with van der Waals surface area (Å²) in [5.74, 6) is 0. The van der Waals surface area contributed by atoms with Crippen molar-refractivity contribution in [3.8, 4) is 0 Å². The van der Waals surface area contributed by atoms with Crippen molar-refractivity contribution in [3.05, 3.63) is 12.6 Å². The fraction of sp³-hybridized carbons (Fsp3) is 0.250. The molecule has 0 aliphatic rings. The van der Waals surface area contributed by atoms with E-state index in [1.807, 2.05) is 6.39 Å². The van der Waals surface area contributed by atoms with Gasteiger partial charge in [0.15, 0.2) is 0 Å². The molecule has 0 fully saturated rings. The van der Waals surface area contributed by atoms with Gasteiger partial charge in [-0.15, -0.1) is 0 Å². The maximum atomic E-state index is 10.5. The minimum Gasteiger partial charge on any atom is -0.421 e. The van der Waals surface area contributed by atoms with E-state index in [-0.39, 0.29) is 5.09 Å².